The number of hydrogen-bond acceptors (Lipinski definition) is 3. The zero-order valence-electron chi connectivity index (χ0n) is 11.9. The second-order valence-corrected chi connectivity index (χ2v) is 5.94. The highest BCUT2D eigenvalue weighted by Gasteiger charge is 2.26. The van der Waals surface area contributed by atoms with Crippen molar-refractivity contribution in [3.63, 3.8) is 0 Å². The first-order valence-corrected chi connectivity index (χ1v) is 7.47. The maximum Gasteiger partial charge on any atom is 0.244 e. The summed E-state index contributed by atoms with van der Waals surface area (Å²) in [6.07, 6.45) is 7.14. The first-order chi connectivity index (χ1) is 10.1. The highest BCUT2D eigenvalue weighted by Crippen LogP contribution is 2.27. The summed E-state index contributed by atoms with van der Waals surface area (Å²) in [5, 5.41) is 11.7. The zero-order chi connectivity index (χ0) is 14.8. The standard InChI is InChI=1S/C14H18ClN5O/c1-10-5-16-18-14(10)11-3-2-4-19(7-11)13(21)9-20-8-12(15)6-17-20/h5-6,8,11H,2-4,7,9H2,1H3,(H,16,18). The number of rotatable bonds is 3. The number of aromatic amines is 1. The van der Waals surface area contributed by atoms with Crippen LogP contribution in [-0.4, -0.2) is 43.9 Å². The van der Waals surface area contributed by atoms with E-state index in [1.54, 1.807) is 17.1 Å². The number of amides is 1. The highest BCUT2D eigenvalue weighted by atomic mass is 35.5. The number of nitrogens with one attached hydrogen (secondary N) is 1. The number of H-pyrrole nitrogens is 1. The van der Waals surface area contributed by atoms with Gasteiger partial charge in [-0.05, 0) is 25.3 Å². The van der Waals surface area contributed by atoms with Gasteiger partial charge >= 0.3 is 0 Å². The molecule has 0 saturated carbocycles. The second kappa shape index (κ2) is 5.89. The smallest absolute Gasteiger partial charge is 0.244 e. The molecular weight excluding hydrogens is 290 g/mol. The maximum atomic E-state index is 12.4. The Kier molecular flexibility index (Phi) is 3.96. The van der Waals surface area contributed by atoms with Crippen LogP contribution < -0.4 is 0 Å². The predicted octanol–water partition coefficient (Wildman–Crippen LogP) is 1.97. The molecule has 1 saturated heterocycles. The van der Waals surface area contributed by atoms with Crippen LogP contribution in [0, 0.1) is 6.92 Å². The van der Waals surface area contributed by atoms with Gasteiger partial charge in [-0.15, -0.1) is 0 Å². The number of piperidine rings is 1. The van der Waals surface area contributed by atoms with Crippen LogP contribution in [0.4, 0.5) is 0 Å². The summed E-state index contributed by atoms with van der Waals surface area (Å²) in [4.78, 5) is 14.3. The van der Waals surface area contributed by atoms with Crippen molar-refractivity contribution in [1.29, 1.82) is 0 Å². The Morgan fingerprint density at radius 1 is 1.52 bits per heavy atom. The molecule has 2 aromatic rings. The van der Waals surface area contributed by atoms with Crippen molar-refractivity contribution in [2.45, 2.75) is 32.2 Å². The summed E-state index contributed by atoms with van der Waals surface area (Å²) in [5.74, 6) is 0.419. The van der Waals surface area contributed by atoms with E-state index in [-0.39, 0.29) is 12.5 Å². The van der Waals surface area contributed by atoms with E-state index in [9.17, 15) is 4.79 Å². The number of carbonyl (C=O) groups is 1. The van der Waals surface area contributed by atoms with E-state index in [1.165, 1.54) is 0 Å². The summed E-state index contributed by atoms with van der Waals surface area (Å²) in [6, 6.07) is 0. The Morgan fingerprint density at radius 3 is 3.05 bits per heavy atom. The van der Waals surface area contributed by atoms with Crippen LogP contribution in [0.3, 0.4) is 0 Å². The number of aryl methyl sites for hydroxylation is 1. The lowest BCUT2D eigenvalue weighted by molar-refractivity contribution is -0.133. The first kappa shape index (κ1) is 14.1. The van der Waals surface area contributed by atoms with Crippen molar-refractivity contribution in [2.24, 2.45) is 0 Å². The molecule has 1 unspecified atom stereocenters. The fourth-order valence-corrected chi connectivity index (χ4v) is 3.03. The number of halogens is 1. The summed E-state index contributed by atoms with van der Waals surface area (Å²) in [5.41, 5.74) is 2.31. The van der Waals surface area contributed by atoms with Crippen molar-refractivity contribution in [3.8, 4) is 0 Å². The lowest BCUT2D eigenvalue weighted by Gasteiger charge is -2.32. The van der Waals surface area contributed by atoms with E-state index < -0.39 is 0 Å². The van der Waals surface area contributed by atoms with Gasteiger partial charge in [-0.1, -0.05) is 11.6 Å². The molecule has 0 spiro atoms. The Morgan fingerprint density at radius 2 is 2.38 bits per heavy atom. The number of likely N-dealkylation sites (tertiary alicyclic amines) is 1. The average molecular weight is 308 g/mol. The lowest BCUT2D eigenvalue weighted by Crippen LogP contribution is -2.41. The monoisotopic (exact) mass is 307 g/mol. The topological polar surface area (TPSA) is 66.8 Å². The van der Waals surface area contributed by atoms with E-state index >= 15 is 0 Å². The fraction of sp³-hybridized carbons (Fsp3) is 0.500. The van der Waals surface area contributed by atoms with Gasteiger partial charge in [0.25, 0.3) is 0 Å². The normalized spacial score (nSPS) is 19.0. The molecule has 6 nitrogen and oxygen atoms in total. The lowest BCUT2D eigenvalue weighted by atomic mass is 9.93. The van der Waals surface area contributed by atoms with Crippen molar-refractivity contribution in [2.75, 3.05) is 13.1 Å². The Bertz CT molecular complexity index is 635. The minimum atomic E-state index is 0.0802. The summed E-state index contributed by atoms with van der Waals surface area (Å²) in [6.45, 7) is 3.82. The number of hydrogen-bond donors (Lipinski definition) is 1. The van der Waals surface area contributed by atoms with Gasteiger partial charge in [0.1, 0.15) is 6.54 Å². The molecule has 7 heteroatoms. The Hall–Kier alpha value is -1.82. The van der Waals surface area contributed by atoms with Gasteiger partial charge in [0.15, 0.2) is 0 Å². The molecule has 0 aromatic carbocycles. The van der Waals surface area contributed by atoms with Crippen LogP contribution in [0.15, 0.2) is 18.6 Å². The number of carbonyl (C=O) groups excluding carboxylic acids is 1. The van der Waals surface area contributed by atoms with E-state index in [2.05, 4.69) is 15.3 Å². The van der Waals surface area contributed by atoms with Gasteiger partial charge in [-0.25, -0.2) is 0 Å². The molecule has 21 heavy (non-hydrogen) atoms. The third-order valence-corrected chi connectivity index (χ3v) is 4.14. The Balaban J connectivity index is 1.65. The number of nitrogens with zero attached hydrogens (tertiary/aromatic N) is 4. The second-order valence-electron chi connectivity index (χ2n) is 5.50. The predicted molar refractivity (Wildman–Crippen MR) is 79.1 cm³/mol. The van der Waals surface area contributed by atoms with Gasteiger partial charge in [0, 0.05) is 30.9 Å². The van der Waals surface area contributed by atoms with Crippen molar-refractivity contribution in [1.82, 2.24) is 24.9 Å². The van der Waals surface area contributed by atoms with Gasteiger partial charge in [0.05, 0.1) is 17.4 Å². The van der Waals surface area contributed by atoms with Crippen LogP contribution in [0.2, 0.25) is 5.02 Å². The van der Waals surface area contributed by atoms with E-state index in [1.807, 2.05) is 18.0 Å². The van der Waals surface area contributed by atoms with Crippen molar-refractivity contribution < 1.29 is 4.79 Å². The molecule has 1 fully saturated rings. The van der Waals surface area contributed by atoms with Crippen LogP contribution in [0.5, 0.6) is 0 Å². The molecule has 0 aliphatic carbocycles. The van der Waals surface area contributed by atoms with Gasteiger partial charge in [0.2, 0.25) is 5.91 Å². The summed E-state index contributed by atoms with van der Waals surface area (Å²) in [7, 11) is 0. The minimum Gasteiger partial charge on any atom is -0.340 e. The molecule has 0 radical (unpaired) electrons. The zero-order valence-corrected chi connectivity index (χ0v) is 12.7. The number of aromatic nitrogens is 4. The molecule has 2 aromatic heterocycles. The van der Waals surface area contributed by atoms with Gasteiger partial charge in [-0.3, -0.25) is 14.6 Å². The largest absolute Gasteiger partial charge is 0.340 e. The van der Waals surface area contributed by atoms with Crippen LogP contribution >= 0.6 is 11.6 Å². The molecule has 0 bridgehead atoms. The fourth-order valence-electron chi connectivity index (χ4n) is 2.87. The van der Waals surface area contributed by atoms with E-state index in [0.717, 1.165) is 37.2 Å². The molecule has 1 aliphatic heterocycles. The SMILES string of the molecule is Cc1cn[nH]c1C1CCCN(C(=O)Cn2cc(Cl)cn2)C1. The van der Waals surface area contributed by atoms with Gasteiger partial charge in [-0.2, -0.15) is 10.2 Å². The van der Waals surface area contributed by atoms with Crippen molar-refractivity contribution >= 4 is 17.5 Å². The highest BCUT2D eigenvalue weighted by molar-refractivity contribution is 6.30. The molecule has 3 rings (SSSR count). The molecule has 1 aliphatic rings. The van der Waals surface area contributed by atoms with Crippen LogP contribution in [0.1, 0.15) is 30.0 Å². The third-order valence-electron chi connectivity index (χ3n) is 3.95. The molecule has 1 N–H and O–H groups in total. The summed E-state index contributed by atoms with van der Waals surface area (Å²) < 4.78 is 1.58. The van der Waals surface area contributed by atoms with E-state index in [4.69, 9.17) is 11.6 Å². The summed E-state index contributed by atoms with van der Waals surface area (Å²) >= 11 is 5.82. The molecule has 1 atom stereocenters. The molecule has 112 valence electrons. The maximum absolute atomic E-state index is 12.4. The van der Waals surface area contributed by atoms with Crippen molar-refractivity contribution in [3.05, 3.63) is 34.9 Å². The van der Waals surface area contributed by atoms with Crippen LogP contribution in [-0.2, 0) is 11.3 Å². The molecule has 1 amide bonds. The molecule has 3 heterocycles. The minimum absolute atomic E-state index is 0.0802. The quantitative estimate of drug-likeness (QED) is 0.943. The van der Waals surface area contributed by atoms with E-state index in [0.29, 0.717) is 10.9 Å². The average Bonchev–Trinajstić information content (AvgIpc) is 3.07. The van der Waals surface area contributed by atoms with Crippen LogP contribution in [0.25, 0.3) is 0 Å². The first-order valence-electron chi connectivity index (χ1n) is 7.09. The van der Waals surface area contributed by atoms with Gasteiger partial charge < -0.3 is 4.90 Å². The Labute approximate surface area is 128 Å². The molecular formula is C14H18ClN5O. The third kappa shape index (κ3) is 3.10.